The van der Waals surface area contributed by atoms with Gasteiger partial charge in [-0.25, -0.2) is 4.79 Å². The molecular weight excluding hydrogens is 192 g/mol. The number of esters is 1. The van der Waals surface area contributed by atoms with E-state index < -0.39 is 0 Å². The van der Waals surface area contributed by atoms with Crippen LogP contribution < -0.4 is 0 Å². The van der Waals surface area contributed by atoms with Gasteiger partial charge in [0, 0.05) is 0 Å². The molecule has 1 aromatic carbocycles. The Kier molecular flexibility index (Phi) is 4.16. The number of phenolic OH excluding ortho intramolecular Hbond substituents is 1. The van der Waals surface area contributed by atoms with Crippen molar-refractivity contribution in [1.29, 1.82) is 0 Å². The molecule has 15 heavy (non-hydrogen) atoms. The fourth-order valence-electron chi connectivity index (χ4n) is 1.26. The first-order valence-corrected chi connectivity index (χ1v) is 5.12. The summed E-state index contributed by atoms with van der Waals surface area (Å²) in [5.41, 5.74) is 1.25. The van der Waals surface area contributed by atoms with Gasteiger partial charge in [0.05, 0.1) is 12.2 Å². The molecule has 0 heterocycles. The lowest BCUT2D eigenvalue weighted by molar-refractivity contribution is 0.0499. The molecule has 1 aromatic rings. The smallest absolute Gasteiger partial charge is 0.338 e. The summed E-state index contributed by atoms with van der Waals surface area (Å²) >= 11 is 0. The zero-order valence-corrected chi connectivity index (χ0v) is 9.12. The molecule has 0 saturated carbocycles. The predicted octanol–water partition coefficient (Wildman–Crippen LogP) is 2.66. The van der Waals surface area contributed by atoms with Crippen LogP contribution in [-0.2, 0) is 4.74 Å². The molecule has 0 fully saturated rings. The van der Waals surface area contributed by atoms with Crippen LogP contribution in [0.1, 0.15) is 35.7 Å². The first-order chi connectivity index (χ1) is 7.15. The minimum Gasteiger partial charge on any atom is -0.508 e. The van der Waals surface area contributed by atoms with Crippen LogP contribution in [0.25, 0.3) is 0 Å². The number of benzene rings is 1. The maximum absolute atomic E-state index is 11.5. The number of rotatable bonds is 4. The van der Waals surface area contributed by atoms with E-state index in [0.717, 1.165) is 18.4 Å². The Morgan fingerprint density at radius 2 is 2.20 bits per heavy atom. The maximum Gasteiger partial charge on any atom is 0.338 e. The molecule has 0 spiro atoms. The summed E-state index contributed by atoms with van der Waals surface area (Å²) in [6.45, 7) is 4.27. The SMILES string of the molecule is CCCCOC(=O)c1ccc(O)cc1C. The predicted molar refractivity (Wildman–Crippen MR) is 58.0 cm³/mol. The van der Waals surface area contributed by atoms with Crippen molar-refractivity contribution in [2.75, 3.05) is 6.61 Å². The summed E-state index contributed by atoms with van der Waals surface area (Å²) in [6, 6.07) is 4.62. The van der Waals surface area contributed by atoms with Crippen molar-refractivity contribution < 1.29 is 14.6 Å². The number of hydrogen-bond donors (Lipinski definition) is 1. The highest BCUT2D eigenvalue weighted by Crippen LogP contribution is 2.16. The first kappa shape index (κ1) is 11.6. The van der Waals surface area contributed by atoms with Crippen LogP contribution in [0.3, 0.4) is 0 Å². The lowest BCUT2D eigenvalue weighted by atomic mass is 10.1. The standard InChI is InChI=1S/C12H16O3/c1-3-4-7-15-12(14)11-6-5-10(13)8-9(11)2/h5-6,8,13H,3-4,7H2,1-2H3. The Hall–Kier alpha value is -1.51. The van der Waals surface area contributed by atoms with Crippen molar-refractivity contribution in [2.45, 2.75) is 26.7 Å². The topological polar surface area (TPSA) is 46.5 Å². The zero-order chi connectivity index (χ0) is 11.3. The summed E-state index contributed by atoms with van der Waals surface area (Å²) in [6.07, 6.45) is 1.88. The Morgan fingerprint density at radius 1 is 1.47 bits per heavy atom. The van der Waals surface area contributed by atoms with Crippen molar-refractivity contribution in [1.82, 2.24) is 0 Å². The summed E-state index contributed by atoms with van der Waals surface area (Å²) in [5.74, 6) is -0.154. The number of carbonyl (C=O) groups is 1. The maximum atomic E-state index is 11.5. The monoisotopic (exact) mass is 208 g/mol. The highest BCUT2D eigenvalue weighted by atomic mass is 16.5. The number of phenols is 1. The van der Waals surface area contributed by atoms with Crippen molar-refractivity contribution >= 4 is 5.97 Å². The molecular formula is C12H16O3. The van der Waals surface area contributed by atoms with E-state index in [2.05, 4.69) is 0 Å². The van der Waals surface area contributed by atoms with Crippen LogP contribution in [0.2, 0.25) is 0 Å². The van der Waals surface area contributed by atoms with Crippen molar-refractivity contribution in [3.05, 3.63) is 29.3 Å². The van der Waals surface area contributed by atoms with Gasteiger partial charge < -0.3 is 9.84 Å². The van der Waals surface area contributed by atoms with Crippen LogP contribution >= 0.6 is 0 Å². The number of carbonyl (C=O) groups excluding carboxylic acids is 1. The molecule has 82 valence electrons. The van der Waals surface area contributed by atoms with E-state index >= 15 is 0 Å². The van der Waals surface area contributed by atoms with Gasteiger partial charge in [0.15, 0.2) is 0 Å². The molecule has 0 amide bonds. The van der Waals surface area contributed by atoms with Gasteiger partial charge in [0.25, 0.3) is 0 Å². The number of aryl methyl sites for hydroxylation is 1. The first-order valence-electron chi connectivity index (χ1n) is 5.12. The average molecular weight is 208 g/mol. The van der Waals surface area contributed by atoms with Crippen molar-refractivity contribution in [2.24, 2.45) is 0 Å². The number of unbranched alkanes of at least 4 members (excludes halogenated alkanes) is 1. The van der Waals surface area contributed by atoms with E-state index in [0.29, 0.717) is 12.2 Å². The van der Waals surface area contributed by atoms with E-state index in [-0.39, 0.29) is 11.7 Å². The highest BCUT2D eigenvalue weighted by molar-refractivity contribution is 5.91. The van der Waals surface area contributed by atoms with Gasteiger partial charge in [-0.1, -0.05) is 13.3 Å². The van der Waals surface area contributed by atoms with Crippen LogP contribution in [0.4, 0.5) is 0 Å². The second-order valence-electron chi connectivity index (χ2n) is 3.49. The van der Waals surface area contributed by atoms with Gasteiger partial charge in [0.1, 0.15) is 5.75 Å². The quantitative estimate of drug-likeness (QED) is 0.611. The van der Waals surface area contributed by atoms with Gasteiger partial charge >= 0.3 is 5.97 Å². The van der Waals surface area contributed by atoms with Crippen LogP contribution in [-0.4, -0.2) is 17.7 Å². The normalized spacial score (nSPS) is 10.0. The fourth-order valence-corrected chi connectivity index (χ4v) is 1.26. The van der Waals surface area contributed by atoms with Gasteiger partial charge in [0.2, 0.25) is 0 Å². The Labute approximate surface area is 89.7 Å². The Morgan fingerprint density at radius 3 is 2.80 bits per heavy atom. The Bertz CT molecular complexity index is 345. The molecule has 0 aromatic heterocycles. The molecule has 0 aliphatic carbocycles. The molecule has 1 rings (SSSR count). The molecule has 3 nitrogen and oxygen atoms in total. The number of ether oxygens (including phenoxy) is 1. The third kappa shape index (κ3) is 3.27. The summed E-state index contributed by atoms with van der Waals surface area (Å²) in [7, 11) is 0. The molecule has 0 unspecified atom stereocenters. The Balaban J connectivity index is 2.65. The average Bonchev–Trinajstić information content (AvgIpc) is 2.17. The van der Waals surface area contributed by atoms with Crippen molar-refractivity contribution in [3.8, 4) is 5.75 Å². The van der Waals surface area contributed by atoms with Crippen LogP contribution in [0.5, 0.6) is 5.75 Å². The minimum atomic E-state index is -0.319. The van der Waals surface area contributed by atoms with Crippen molar-refractivity contribution in [3.63, 3.8) is 0 Å². The molecule has 0 aliphatic heterocycles. The van der Waals surface area contributed by atoms with E-state index in [9.17, 15) is 9.90 Å². The molecule has 0 bridgehead atoms. The molecule has 1 N–H and O–H groups in total. The molecule has 0 aliphatic rings. The molecule has 0 atom stereocenters. The van der Waals surface area contributed by atoms with Crippen LogP contribution in [0.15, 0.2) is 18.2 Å². The highest BCUT2D eigenvalue weighted by Gasteiger charge is 2.10. The number of hydrogen-bond acceptors (Lipinski definition) is 3. The fraction of sp³-hybridized carbons (Fsp3) is 0.417. The largest absolute Gasteiger partial charge is 0.508 e. The summed E-state index contributed by atoms with van der Waals surface area (Å²) < 4.78 is 5.07. The number of aromatic hydroxyl groups is 1. The second-order valence-corrected chi connectivity index (χ2v) is 3.49. The molecule has 3 heteroatoms. The van der Waals surface area contributed by atoms with Gasteiger partial charge in [-0.05, 0) is 37.1 Å². The van der Waals surface area contributed by atoms with E-state index in [1.54, 1.807) is 19.1 Å². The van der Waals surface area contributed by atoms with Gasteiger partial charge in [-0.3, -0.25) is 0 Å². The lowest BCUT2D eigenvalue weighted by Crippen LogP contribution is -2.07. The third-order valence-corrected chi connectivity index (χ3v) is 2.16. The van der Waals surface area contributed by atoms with Gasteiger partial charge in [-0.2, -0.15) is 0 Å². The second kappa shape index (κ2) is 5.39. The minimum absolute atomic E-state index is 0.164. The van der Waals surface area contributed by atoms with Crippen LogP contribution in [0, 0.1) is 6.92 Å². The van der Waals surface area contributed by atoms with E-state index in [4.69, 9.17) is 4.74 Å². The molecule has 0 saturated heterocycles. The summed E-state index contributed by atoms with van der Waals surface area (Å²) in [4.78, 5) is 11.5. The van der Waals surface area contributed by atoms with E-state index in [1.807, 2.05) is 6.92 Å². The third-order valence-electron chi connectivity index (χ3n) is 2.16. The van der Waals surface area contributed by atoms with E-state index in [1.165, 1.54) is 6.07 Å². The lowest BCUT2D eigenvalue weighted by Gasteiger charge is -2.06. The van der Waals surface area contributed by atoms with Gasteiger partial charge in [-0.15, -0.1) is 0 Å². The molecule has 0 radical (unpaired) electrons. The summed E-state index contributed by atoms with van der Waals surface area (Å²) in [5, 5.41) is 9.18. The zero-order valence-electron chi connectivity index (χ0n) is 9.12.